The summed E-state index contributed by atoms with van der Waals surface area (Å²) in [5, 5.41) is 15.5. The van der Waals surface area contributed by atoms with E-state index >= 15 is 0 Å². The smallest absolute Gasteiger partial charge is 0.407 e. The van der Waals surface area contributed by atoms with Gasteiger partial charge in [0.2, 0.25) is 11.8 Å². The van der Waals surface area contributed by atoms with E-state index in [1.165, 1.54) is 0 Å². The molecule has 1 aliphatic carbocycles. The average Bonchev–Trinajstić information content (AvgIpc) is 3.58. The van der Waals surface area contributed by atoms with E-state index in [0.717, 1.165) is 33.4 Å². The monoisotopic (exact) mass is 785 g/mol. The van der Waals surface area contributed by atoms with Gasteiger partial charge in [-0.3, -0.25) is 9.59 Å². The lowest BCUT2D eigenvalue weighted by atomic mass is 9.92. The number of cyclic esters (lactones) is 1. The normalized spacial score (nSPS) is 20.7. The number of nitrogens with one attached hydrogen (secondary N) is 2. The molecule has 58 heavy (non-hydrogen) atoms. The summed E-state index contributed by atoms with van der Waals surface area (Å²) >= 11 is 0. The summed E-state index contributed by atoms with van der Waals surface area (Å²) in [5.74, 6) is -3.64. The van der Waals surface area contributed by atoms with Gasteiger partial charge in [0.05, 0.1) is 18.6 Å². The third-order valence-electron chi connectivity index (χ3n) is 11.0. The molecule has 4 aromatic carbocycles. The minimum Gasteiger partial charge on any atom is -0.461 e. The van der Waals surface area contributed by atoms with Gasteiger partial charge in [-0.15, -0.1) is 0 Å². The number of alkyl carbamates (subject to hydrolysis) is 1. The molecule has 2 aliphatic heterocycles. The van der Waals surface area contributed by atoms with Crippen LogP contribution < -0.4 is 10.6 Å². The summed E-state index contributed by atoms with van der Waals surface area (Å²) in [4.78, 5) is 69.7. The van der Waals surface area contributed by atoms with Crippen LogP contribution in [0, 0.1) is 5.92 Å². The molecule has 12 heteroatoms. The summed E-state index contributed by atoms with van der Waals surface area (Å²) in [6.45, 7) is -0.554. The van der Waals surface area contributed by atoms with Gasteiger partial charge in [-0.2, -0.15) is 0 Å². The van der Waals surface area contributed by atoms with E-state index in [9.17, 15) is 29.1 Å². The van der Waals surface area contributed by atoms with Crippen LogP contribution in [-0.4, -0.2) is 77.8 Å². The summed E-state index contributed by atoms with van der Waals surface area (Å²) in [6.07, 6.45) is 3.64. The highest BCUT2D eigenvalue weighted by Crippen LogP contribution is 2.44. The van der Waals surface area contributed by atoms with Crippen LogP contribution >= 0.6 is 0 Å². The fraction of sp³-hybridized carbons (Fsp3) is 0.326. The molecule has 3 N–H and O–H groups in total. The Labute approximate surface area is 337 Å². The maximum Gasteiger partial charge on any atom is 0.407 e. The first-order chi connectivity index (χ1) is 28.3. The number of carbonyl (C=O) groups excluding carboxylic acids is 5. The molecule has 0 aromatic heterocycles. The van der Waals surface area contributed by atoms with Crippen LogP contribution in [0.15, 0.2) is 115 Å². The van der Waals surface area contributed by atoms with Gasteiger partial charge in [0.1, 0.15) is 25.9 Å². The Kier molecular flexibility index (Phi) is 12.9. The Morgan fingerprint density at radius 3 is 2.22 bits per heavy atom. The Morgan fingerprint density at radius 1 is 0.828 bits per heavy atom. The fourth-order valence-electron chi connectivity index (χ4n) is 7.88. The molecule has 0 unspecified atom stereocenters. The number of allylic oxidation sites excluding steroid dienone is 2. The topological polar surface area (TPSA) is 161 Å². The second kappa shape index (κ2) is 18.8. The van der Waals surface area contributed by atoms with Gasteiger partial charge in [0.15, 0.2) is 6.04 Å². The van der Waals surface area contributed by atoms with E-state index in [-0.39, 0.29) is 50.9 Å². The molecule has 0 saturated carbocycles. The van der Waals surface area contributed by atoms with Gasteiger partial charge < -0.3 is 34.9 Å². The lowest BCUT2D eigenvalue weighted by Crippen LogP contribution is -2.50. The number of nitrogens with zero attached hydrogens (tertiary/aromatic N) is 1. The largest absolute Gasteiger partial charge is 0.461 e. The maximum atomic E-state index is 13.9. The molecule has 3 amide bonds. The second-order valence-electron chi connectivity index (χ2n) is 14.8. The van der Waals surface area contributed by atoms with Crippen molar-refractivity contribution < 1.29 is 43.3 Å². The van der Waals surface area contributed by atoms with Crippen molar-refractivity contribution in [3.05, 3.63) is 143 Å². The molecule has 3 aliphatic rings. The van der Waals surface area contributed by atoms with Crippen LogP contribution in [0.1, 0.15) is 59.4 Å². The number of aliphatic hydroxyl groups is 1. The zero-order valence-corrected chi connectivity index (χ0v) is 32.1. The second-order valence-corrected chi connectivity index (χ2v) is 14.8. The number of aliphatic hydroxyl groups excluding tert-OH is 1. The van der Waals surface area contributed by atoms with Gasteiger partial charge >= 0.3 is 18.0 Å². The Bertz CT molecular complexity index is 2110. The Hall–Kier alpha value is -6.27. The minimum atomic E-state index is -1.41. The van der Waals surface area contributed by atoms with Crippen molar-refractivity contribution in [2.75, 3.05) is 19.8 Å². The molecule has 12 nitrogen and oxygen atoms in total. The highest BCUT2D eigenvalue weighted by atomic mass is 16.6. The molecule has 0 radical (unpaired) electrons. The van der Waals surface area contributed by atoms with Crippen molar-refractivity contribution in [1.29, 1.82) is 0 Å². The van der Waals surface area contributed by atoms with Crippen molar-refractivity contribution in [1.82, 2.24) is 15.5 Å². The molecule has 0 saturated heterocycles. The van der Waals surface area contributed by atoms with Crippen LogP contribution in [0.5, 0.6) is 0 Å². The maximum absolute atomic E-state index is 13.9. The zero-order chi connectivity index (χ0) is 40.4. The van der Waals surface area contributed by atoms with E-state index in [0.29, 0.717) is 24.9 Å². The summed E-state index contributed by atoms with van der Waals surface area (Å²) in [5.41, 5.74) is 7.01. The van der Waals surface area contributed by atoms with Crippen LogP contribution in [0.3, 0.4) is 0 Å². The Balaban J connectivity index is 1.05. The van der Waals surface area contributed by atoms with Crippen molar-refractivity contribution in [3.63, 3.8) is 0 Å². The first-order valence-electron chi connectivity index (χ1n) is 19.7. The molecular formula is C46H47N3O9. The van der Waals surface area contributed by atoms with Crippen molar-refractivity contribution in [3.8, 4) is 11.1 Å². The number of fused-ring (bicyclic) bond motifs is 4. The number of benzene rings is 4. The van der Waals surface area contributed by atoms with Gasteiger partial charge in [-0.1, -0.05) is 115 Å². The van der Waals surface area contributed by atoms with Gasteiger partial charge in [-0.25, -0.2) is 14.4 Å². The number of ether oxygens (including phenoxy) is 3. The molecule has 7 rings (SSSR count). The van der Waals surface area contributed by atoms with E-state index < -0.39 is 54.6 Å². The molecule has 0 fully saturated rings. The average molecular weight is 786 g/mol. The minimum absolute atomic E-state index is 0.0476. The van der Waals surface area contributed by atoms with Gasteiger partial charge in [-0.05, 0) is 64.6 Å². The SMILES string of the molecule is O=C(N[C@H]1CCC=CC[C@H](CC(=O)N2Cc3ccccc3C[C@H]2CO)C(=O)N[C@@H](C(=O)OCc2ccccc2)COC1=O)OCC1c2ccccc2-c2ccccc21. The highest BCUT2D eigenvalue weighted by molar-refractivity contribution is 5.90. The Morgan fingerprint density at radius 2 is 1.50 bits per heavy atom. The molecule has 300 valence electrons. The number of esters is 2. The quantitative estimate of drug-likeness (QED) is 0.115. The number of carbonyl (C=O) groups is 5. The highest BCUT2D eigenvalue weighted by Gasteiger charge is 2.35. The molecule has 4 atom stereocenters. The molecule has 0 bridgehead atoms. The van der Waals surface area contributed by atoms with Crippen molar-refractivity contribution >= 4 is 29.8 Å². The van der Waals surface area contributed by atoms with Crippen LogP contribution in [0.4, 0.5) is 4.79 Å². The molecular weight excluding hydrogens is 739 g/mol. The molecule has 2 heterocycles. The third-order valence-corrected chi connectivity index (χ3v) is 11.0. The van der Waals surface area contributed by atoms with E-state index in [2.05, 4.69) is 10.6 Å². The number of rotatable bonds is 9. The summed E-state index contributed by atoms with van der Waals surface area (Å²) < 4.78 is 16.8. The lowest BCUT2D eigenvalue weighted by Gasteiger charge is -2.36. The van der Waals surface area contributed by atoms with Crippen LogP contribution in [-0.2, 0) is 53.0 Å². The fourth-order valence-corrected chi connectivity index (χ4v) is 7.88. The number of hydrogen-bond donors (Lipinski definition) is 3. The first-order valence-corrected chi connectivity index (χ1v) is 19.7. The summed E-state index contributed by atoms with van der Waals surface area (Å²) in [7, 11) is 0. The standard InChI is InChI=1S/C46H47N3O9/c50-26-34-23-31-15-7-8-17-33(31)25-49(34)42(51)24-32-16-5-2-6-22-40(44(53)57-29-41(47-43(32)52)45(54)56-27-30-13-3-1-4-14-30)48-46(55)58-28-39-37-20-11-9-18-35(37)36-19-10-12-21-38(36)39/h1-5,7-15,17-21,32,34,39-41,50H,6,16,22-29H2,(H,47,52)(H,48,55)/t32-,34+,40+,41-/m1/s1. The predicted molar refractivity (Wildman–Crippen MR) is 214 cm³/mol. The predicted octanol–water partition coefficient (Wildman–Crippen LogP) is 5.36. The zero-order valence-electron chi connectivity index (χ0n) is 32.1. The third kappa shape index (κ3) is 9.46. The van der Waals surface area contributed by atoms with Crippen molar-refractivity contribution in [2.24, 2.45) is 5.92 Å². The van der Waals surface area contributed by atoms with E-state index in [1.54, 1.807) is 41.3 Å². The molecule has 0 spiro atoms. The number of hydrogen-bond acceptors (Lipinski definition) is 9. The van der Waals surface area contributed by atoms with E-state index in [4.69, 9.17) is 14.2 Å². The van der Waals surface area contributed by atoms with Gasteiger partial charge in [0, 0.05) is 18.9 Å². The molecule has 4 aromatic rings. The van der Waals surface area contributed by atoms with Gasteiger partial charge in [0.25, 0.3) is 0 Å². The van der Waals surface area contributed by atoms with Crippen LogP contribution in [0.25, 0.3) is 11.1 Å². The van der Waals surface area contributed by atoms with Crippen molar-refractivity contribution in [2.45, 2.75) is 69.3 Å². The number of amides is 3. The summed E-state index contributed by atoms with van der Waals surface area (Å²) in [6, 6.07) is 29.7. The van der Waals surface area contributed by atoms with E-state index in [1.807, 2.05) is 78.9 Å². The lowest BCUT2D eigenvalue weighted by molar-refractivity contribution is -0.156. The first kappa shape index (κ1) is 39.9. The van der Waals surface area contributed by atoms with Crippen LogP contribution in [0.2, 0.25) is 0 Å².